The number of anilines is 1. The molecule has 0 unspecified atom stereocenters. The van der Waals surface area contributed by atoms with Crippen molar-refractivity contribution < 1.29 is 15.3 Å². The molecular weight excluding hydrogens is 446 g/mol. The lowest BCUT2D eigenvalue weighted by atomic mass is 9.87. The number of nitrogens with two attached hydrogens (primary N) is 2. The number of allylic oxidation sites excluding steroid dienone is 1. The molecule has 0 saturated carbocycles. The Kier molecular flexibility index (Phi) is 7.51. The van der Waals surface area contributed by atoms with Crippen LogP contribution in [-0.2, 0) is 4.79 Å². The first-order valence-corrected chi connectivity index (χ1v) is 11.7. The van der Waals surface area contributed by atoms with Gasteiger partial charge in [-0.2, -0.15) is 0 Å². The van der Waals surface area contributed by atoms with Gasteiger partial charge in [0.05, 0.1) is 11.3 Å². The molecule has 178 valence electrons. The van der Waals surface area contributed by atoms with E-state index in [2.05, 4.69) is 36.2 Å². The zero-order valence-corrected chi connectivity index (χ0v) is 20.1. The van der Waals surface area contributed by atoms with E-state index >= 15 is 0 Å². The second-order valence-electron chi connectivity index (χ2n) is 8.30. The summed E-state index contributed by atoms with van der Waals surface area (Å²) < 4.78 is 0. The van der Waals surface area contributed by atoms with Crippen LogP contribution in [0.5, 0.6) is 0 Å². The van der Waals surface area contributed by atoms with Crippen LogP contribution in [0.25, 0.3) is 28.5 Å². The van der Waals surface area contributed by atoms with E-state index in [-0.39, 0.29) is 0 Å². The van der Waals surface area contributed by atoms with Crippen molar-refractivity contribution in [2.75, 3.05) is 5.73 Å². The van der Waals surface area contributed by atoms with E-state index < -0.39 is 5.97 Å². The third kappa shape index (κ3) is 5.47. The minimum Gasteiger partial charge on any atom is -0.478 e. The number of carbonyl (C=O) groups is 1. The number of hydrogen-bond donors (Lipinski definition) is 3. The highest BCUT2D eigenvalue weighted by molar-refractivity contribution is 6.00. The molecule has 3 aromatic carbocycles. The van der Waals surface area contributed by atoms with Crippen molar-refractivity contribution in [3.05, 3.63) is 125 Å². The van der Waals surface area contributed by atoms with Gasteiger partial charge in [-0.1, -0.05) is 67.6 Å². The summed E-state index contributed by atoms with van der Waals surface area (Å²) >= 11 is 0. The van der Waals surface area contributed by atoms with Crippen molar-refractivity contribution in [1.29, 1.82) is 0 Å². The number of nitrogens with zero attached hydrogens (tertiary/aromatic N) is 1. The maximum Gasteiger partial charge on any atom is 0.328 e. The van der Waals surface area contributed by atoms with Gasteiger partial charge in [0, 0.05) is 23.5 Å². The molecule has 0 aliphatic carbocycles. The monoisotopic (exact) mass is 474 g/mol. The lowest BCUT2D eigenvalue weighted by molar-refractivity contribution is -0.131. The summed E-state index contributed by atoms with van der Waals surface area (Å²) in [7, 11) is 0. The Balaban J connectivity index is 1.86. The van der Waals surface area contributed by atoms with E-state index in [4.69, 9.17) is 16.2 Å². The highest BCUT2D eigenvalue weighted by atomic mass is 16.4. The maximum absolute atomic E-state index is 10.9. The molecule has 0 aliphatic heterocycles. The first-order chi connectivity index (χ1) is 17.5. The van der Waals surface area contributed by atoms with Crippen molar-refractivity contribution in [2.45, 2.75) is 13.3 Å². The number of pyridine rings is 1. The van der Waals surface area contributed by atoms with Gasteiger partial charge in [0.1, 0.15) is 0 Å². The number of rotatable bonds is 8. The summed E-state index contributed by atoms with van der Waals surface area (Å²) in [4.78, 5) is 15.4. The largest absolute Gasteiger partial charge is 0.478 e. The zero-order chi connectivity index (χ0) is 25.5. The van der Waals surface area contributed by atoms with E-state index in [0.29, 0.717) is 5.69 Å². The van der Waals surface area contributed by atoms with Gasteiger partial charge in [-0.3, -0.25) is 10.4 Å². The molecule has 0 fully saturated rings. The molecule has 0 radical (unpaired) electrons. The minimum absolute atomic E-state index is 0.618. The number of aromatic nitrogens is 1. The second kappa shape index (κ2) is 11.1. The molecule has 0 saturated heterocycles. The highest BCUT2D eigenvalue weighted by Crippen LogP contribution is 2.36. The maximum atomic E-state index is 10.9. The van der Waals surface area contributed by atoms with Crippen LogP contribution < -0.4 is 11.1 Å². The topological polar surface area (TPSA) is 102 Å². The molecule has 1 heterocycles. The number of hydrogen-bond acceptors (Lipinski definition) is 3. The van der Waals surface area contributed by atoms with E-state index in [1.807, 2.05) is 60.7 Å². The van der Waals surface area contributed by atoms with Gasteiger partial charge in [-0.25, -0.2) is 4.79 Å². The van der Waals surface area contributed by atoms with Crippen molar-refractivity contribution in [3.8, 4) is 11.3 Å². The molecule has 4 rings (SSSR count). The summed E-state index contributed by atoms with van der Waals surface area (Å²) in [6.07, 6.45) is 6.82. The molecule has 5 N–H and O–H groups in total. The number of nitrogen functional groups attached to an aromatic ring is 1. The Hall–Kier alpha value is -4.77. The number of carboxylic acid groups (broad SMARTS) is 1. The smallest absolute Gasteiger partial charge is 0.328 e. The van der Waals surface area contributed by atoms with Crippen LogP contribution >= 0.6 is 0 Å². The third-order valence-corrected chi connectivity index (χ3v) is 6.02. The highest BCUT2D eigenvalue weighted by Gasteiger charge is 2.15. The van der Waals surface area contributed by atoms with Crippen LogP contribution in [0, 0.1) is 0 Å². The van der Waals surface area contributed by atoms with E-state index in [1.54, 1.807) is 12.3 Å². The predicted molar refractivity (Wildman–Crippen MR) is 147 cm³/mol. The van der Waals surface area contributed by atoms with E-state index in [1.165, 1.54) is 11.8 Å². The summed E-state index contributed by atoms with van der Waals surface area (Å²) in [5.41, 5.74) is 15.7. The summed E-state index contributed by atoms with van der Waals surface area (Å²) in [6, 6.07) is 28.0. The molecule has 1 aromatic heterocycles. The average Bonchev–Trinajstić information content (AvgIpc) is 2.92. The summed E-state index contributed by atoms with van der Waals surface area (Å²) in [5.74, 6) is -0.977. The van der Waals surface area contributed by atoms with Gasteiger partial charge in [0.2, 0.25) is 0 Å². The van der Waals surface area contributed by atoms with Crippen LogP contribution in [-0.4, -0.2) is 22.3 Å². The lowest BCUT2D eigenvalue weighted by Gasteiger charge is -2.17. The van der Waals surface area contributed by atoms with Crippen molar-refractivity contribution in [1.82, 2.24) is 4.98 Å². The molecule has 5 nitrogen and oxygen atoms in total. The van der Waals surface area contributed by atoms with Gasteiger partial charge in [0.15, 0.2) is 6.21 Å². The molecule has 4 aromatic rings. The van der Waals surface area contributed by atoms with Crippen LogP contribution in [0.1, 0.15) is 41.2 Å². The minimum atomic E-state index is -0.977. The zero-order valence-electron chi connectivity index (χ0n) is 20.1. The van der Waals surface area contributed by atoms with Crippen LogP contribution in [0.4, 0.5) is 5.69 Å². The molecule has 0 aliphatic rings. The quantitative estimate of drug-likeness (QED) is 0.145. The fourth-order valence-corrected chi connectivity index (χ4v) is 4.22. The Bertz CT molecular complexity index is 1440. The SMILES string of the molecule is CCC(=C(c1ccc(C=CC(=O)O)cc1)c1ccc(N)c(C=[NH2+])c1)c1ccc(-c2ccccn2)cc1. The Morgan fingerprint density at radius 3 is 2.25 bits per heavy atom. The Morgan fingerprint density at radius 1 is 0.944 bits per heavy atom. The molecule has 5 heteroatoms. The van der Waals surface area contributed by atoms with Gasteiger partial charge in [-0.15, -0.1) is 0 Å². The number of carboxylic acids is 1. The Morgan fingerprint density at radius 2 is 1.64 bits per heavy atom. The van der Waals surface area contributed by atoms with Crippen molar-refractivity contribution >= 4 is 35.1 Å². The molecule has 0 bridgehead atoms. The standard InChI is InChI=1S/C31H27N3O2/c1-2-27(22-11-13-23(14-12-22)29-5-3-4-18-34-29)31(25-15-16-28(33)26(19-25)20-32)24-9-6-21(7-10-24)8-17-30(35)36/h3-20,32H,2,33H2,1H3,(H,35,36)/p+1. The van der Waals surface area contributed by atoms with Gasteiger partial charge in [-0.05, 0) is 70.2 Å². The van der Waals surface area contributed by atoms with Gasteiger partial charge < -0.3 is 10.8 Å². The summed E-state index contributed by atoms with van der Waals surface area (Å²) in [6.45, 7) is 2.14. The lowest BCUT2D eigenvalue weighted by Crippen LogP contribution is -2.30. The predicted octanol–water partition coefficient (Wildman–Crippen LogP) is 4.98. The van der Waals surface area contributed by atoms with E-state index in [0.717, 1.165) is 57.1 Å². The van der Waals surface area contributed by atoms with Crippen LogP contribution in [0.15, 0.2) is 97.2 Å². The Labute approximate surface area is 210 Å². The van der Waals surface area contributed by atoms with Gasteiger partial charge >= 0.3 is 5.97 Å². The molecule has 0 spiro atoms. The molecule has 36 heavy (non-hydrogen) atoms. The molecular formula is C31H28N3O2+. The number of aliphatic carboxylic acids is 1. The fourth-order valence-electron chi connectivity index (χ4n) is 4.22. The van der Waals surface area contributed by atoms with Crippen LogP contribution in [0.2, 0.25) is 0 Å². The first kappa shape index (κ1) is 24.4. The molecule has 0 amide bonds. The van der Waals surface area contributed by atoms with Gasteiger partial charge in [0.25, 0.3) is 0 Å². The normalized spacial score (nSPS) is 11.8. The van der Waals surface area contributed by atoms with Crippen LogP contribution in [0.3, 0.4) is 0 Å². The fraction of sp³-hybridized carbons (Fsp3) is 0.0645. The first-order valence-electron chi connectivity index (χ1n) is 11.7. The molecule has 0 atom stereocenters. The average molecular weight is 475 g/mol. The third-order valence-electron chi connectivity index (χ3n) is 6.02. The van der Waals surface area contributed by atoms with Crippen molar-refractivity contribution in [2.24, 2.45) is 0 Å². The van der Waals surface area contributed by atoms with E-state index in [9.17, 15) is 4.79 Å². The second-order valence-corrected chi connectivity index (χ2v) is 8.30. The summed E-state index contributed by atoms with van der Waals surface area (Å²) in [5, 5.41) is 14.8. The number of benzene rings is 3. The van der Waals surface area contributed by atoms with Crippen molar-refractivity contribution in [3.63, 3.8) is 0 Å².